The number of hydrogen-bond donors (Lipinski definition) is 0. The van der Waals surface area contributed by atoms with E-state index in [0.717, 1.165) is 67.9 Å². The Morgan fingerprint density at radius 1 is 1.12 bits per heavy atom. The van der Waals surface area contributed by atoms with Crippen LogP contribution in [0.25, 0.3) is 11.4 Å². The molecule has 1 atom stereocenters. The van der Waals surface area contributed by atoms with E-state index in [1.165, 1.54) is 23.9 Å². The lowest BCUT2D eigenvalue weighted by atomic mass is 10.00. The van der Waals surface area contributed by atoms with Crippen LogP contribution in [0.3, 0.4) is 0 Å². The van der Waals surface area contributed by atoms with E-state index in [2.05, 4.69) is 36.7 Å². The number of aromatic nitrogens is 5. The fraction of sp³-hybridized carbons (Fsp3) is 0.545. The molecule has 0 amide bonds. The maximum absolute atomic E-state index is 13.0. The first-order valence-corrected chi connectivity index (χ1v) is 12.1. The standard InChI is InChI=1S/C22H25F3N6OS/c1-13-8-10-30(11-9-13)20-27-28-21(31(20)17-6-7-17)33-14(2)19-26-18(29-32-19)15-4-3-5-16(12-15)22(23,24)25/h3-5,12-14,17H,6-11H2,1-2H3. The van der Waals surface area contributed by atoms with Crippen molar-refractivity contribution in [3.8, 4) is 11.4 Å². The first kappa shape index (κ1) is 22.2. The topological polar surface area (TPSA) is 72.9 Å². The lowest BCUT2D eigenvalue weighted by Crippen LogP contribution is -2.34. The van der Waals surface area contributed by atoms with Gasteiger partial charge in [0.25, 0.3) is 0 Å². The van der Waals surface area contributed by atoms with Gasteiger partial charge in [-0.3, -0.25) is 4.57 Å². The SMILES string of the molecule is CC1CCN(c2nnc(SC(C)c3nc(-c4cccc(C(F)(F)F)c4)no3)n2C2CC2)CC1. The van der Waals surface area contributed by atoms with E-state index in [1.807, 2.05) is 6.92 Å². The van der Waals surface area contributed by atoms with Crippen LogP contribution in [0.1, 0.15) is 62.3 Å². The third kappa shape index (κ3) is 4.73. The van der Waals surface area contributed by atoms with Gasteiger partial charge in [-0.1, -0.05) is 36.0 Å². The van der Waals surface area contributed by atoms with Crippen LogP contribution in [0.4, 0.5) is 19.1 Å². The number of benzene rings is 1. The second-order valence-electron chi connectivity index (χ2n) is 8.85. The van der Waals surface area contributed by atoms with E-state index >= 15 is 0 Å². The highest BCUT2D eigenvalue weighted by molar-refractivity contribution is 7.99. The van der Waals surface area contributed by atoms with Crippen molar-refractivity contribution >= 4 is 17.7 Å². The summed E-state index contributed by atoms with van der Waals surface area (Å²) in [5, 5.41) is 13.4. The number of piperidine rings is 1. The van der Waals surface area contributed by atoms with Crippen molar-refractivity contribution in [3.05, 3.63) is 35.7 Å². The third-order valence-electron chi connectivity index (χ3n) is 6.14. The van der Waals surface area contributed by atoms with Gasteiger partial charge < -0.3 is 9.42 Å². The average molecular weight is 479 g/mol. The molecule has 1 aliphatic heterocycles. The minimum atomic E-state index is -4.43. The van der Waals surface area contributed by atoms with Crippen LogP contribution >= 0.6 is 11.8 Å². The molecule has 33 heavy (non-hydrogen) atoms. The normalized spacial score (nSPS) is 18.6. The fourth-order valence-corrected chi connectivity index (χ4v) is 4.93. The third-order valence-corrected chi connectivity index (χ3v) is 7.19. The number of nitrogens with zero attached hydrogens (tertiary/aromatic N) is 6. The first-order valence-electron chi connectivity index (χ1n) is 11.2. The fourth-order valence-electron chi connectivity index (χ4n) is 3.99. The number of alkyl halides is 3. The summed E-state index contributed by atoms with van der Waals surface area (Å²) in [6.07, 6.45) is 0.0884. The molecule has 3 heterocycles. The van der Waals surface area contributed by atoms with Crippen molar-refractivity contribution in [1.29, 1.82) is 0 Å². The summed E-state index contributed by atoms with van der Waals surface area (Å²) in [6, 6.07) is 5.34. The van der Waals surface area contributed by atoms with E-state index in [0.29, 0.717) is 11.9 Å². The van der Waals surface area contributed by atoms with E-state index in [1.54, 1.807) is 0 Å². The Bertz CT molecular complexity index is 1120. The van der Waals surface area contributed by atoms with Crippen molar-refractivity contribution in [2.24, 2.45) is 5.92 Å². The molecule has 0 bridgehead atoms. The van der Waals surface area contributed by atoms with Crippen LogP contribution in [-0.4, -0.2) is 38.0 Å². The first-order chi connectivity index (χ1) is 15.8. The van der Waals surface area contributed by atoms with Crippen LogP contribution in [0, 0.1) is 5.92 Å². The Labute approximate surface area is 193 Å². The highest BCUT2D eigenvalue weighted by Crippen LogP contribution is 2.44. The number of halogens is 3. The van der Waals surface area contributed by atoms with Gasteiger partial charge in [-0.15, -0.1) is 10.2 Å². The molecule has 1 saturated heterocycles. The molecule has 1 saturated carbocycles. The number of thioether (sulfide) groups is 1. The van der Waals surface area contributed by atoms with Crippen LogP contribution in [0.15, 0.2) is 33.9 Å². The molecule has 1 unspecified atom stereocenters. The molecule has 2 fully saturated rings. The molecule has 2 aromatic heterocycles. The van der Waals surface area contributed by atoms with Gasteiger partial charge >= 0.3 is 6.18 Å². The number of hydrogen-bond acceptors (Lipinski definition) is 7. The van der Waals surface area contributed by atoms with Crippen LogP contribution in [-0.2, 0) is 6.18 Å². The molecule has 0 N–H and O–H groups in total. The van der Waals surface area contributed by atoms with Crippen LogP contribution in [0.2, 0.25) is 0 Å². The van der Waals surface area contributed by atoms with Gasteiger partial charge in [-0.2, -0.15) is 18.2 Å². The Kier molecular flexibility index (Phi) is 5.84. The van der Waals surface area contributed by atoms with Gasteiger partial charge in [-0.05, 0) is 50.7 Å². The van der Waals surface area contributed by atoms with Gasteiger partial charge in [0.15, 0.2) is 5.16 Å². The van der Waals surface area contributed by atoms with E-state index < -0.39 is 11.7 Å². The molecule has 5 rings (SSSR count). The molecule has 11 heteroatoms. The lowest BCUT2D eigenvalue weighted by Gasteiger charge is -2.31. The molecule has 1 aromatic carbocycles. The van der Waals surface area contributed by atoms with Crippen molar-refractivity contribution in [2.75, 3.05) is 18.0 Å². The van der Waals surface area contributed by atoms with Crippen molar-refractivity contribution < 1.29 is 17.7 Å². The highest BCUT2D eigenvalue weighted by atomic mass is 32.2. The summed E-state index contributed by atoms with van der Waals surface area (Å²) in [6.45, 7) is 6.17. The summed E-state index contributed by atoms with van der Waals surface area (Å²) >= 11 is 1.48. The predicted molar refractivity (Wildman–Crippen MR) is 118 cm³/mol. The van der Waals surface area contributed by atoms with Gasteiger partial charge in [0.1, 0.15) is 0 Å². The average Bonchev–Trinajstić information content (AvgIpc) is 3.34. The number of rotatable bonds is 6. The van der Waals surface area contributed by atoms with E-state index in [9.17, 15) is 13.2 Å². The largest absolute Gasteiger partial charge is 0.416 e. The quantitative estimate of drug-likeness (QED) is 0.416. The predicted octanol–water partition coefficient (Wildman–Crippen LogP) is 5.77. The summed E-state index contributed by atoms with van der Waals surface area (Å²) in [5.41, 5.74) is -0.481. The van der Waals surface area contributed by atoms with Gasteiger partial charge in [0, 0.05) is 24.7 Å². The highest BCUT2D eigenvalue weighted by Gasteiger charge is 2.34. The summed E-state index contributed by atoms with van der Waals surface area (Å²) in [7, 11) is 0. The van der Waals surface area contributed by atoms with E-state index in [4.69, 9.17) is 4.52 Å². The maximum Gasteiger partial charge on any atom is 0.416 e. The van der Waals surface area contributed by atoms with Gasteiger partial charge in [-0.25, -0.2) is 0 Å². The van der Waals surface area contributed by atoms with Crippen molar-refractivity contribution in [2.45, 2.75) is 62.2 Å². The smallest absolute Gasteiger partial charge is 0.341 e. The summed E-state index contributed by atoms with van der Waals surface area (Å²) in [5.74, 6) is 2.13. The Morgan fingerprint density at radius 3 is 2.58 bits per heavy atom. The minimum absolute atomic E-state index is 0.135. The molecule has 176 valence electrons. The minimum Gasteiger partial charge on any atom is -0.341 e. The zero-order valence-electron chi connectivity index (χ0n) is 18.4. The molecule has 3 aromatic rings. The summed E-state index contributed by atoms with van der Waals surface area (Å²) < 4.78 is 46.7. The van der Waals surface area contributed by atoms with E-state index in [-0.39, 0.29) is 16.6 Å². The zero-order chi connectivity index (χ0) is 23.2. The molecule has 0 radical (unpaired) electrons. The van der Waals surface area contributed by atoms with Gasteiger partial charge in [0.05, 0.1) is 10.8 Å². The molecule has 2 aliphatic rings. The molecule has 0 spiro atoms. The molecular formula is C22H25F3N6OS. The van der Waals surface area contributed by atoms with Crippen LogP contribution in [0.5, 0.6) is 0 Å². The Hall–Kier alpha value is -2.56. The maximum atomic E-state index is 13.0. The zero-order valence-corrected chi connectivity index (χ0v) is 19.2. The molecule has 1 aliphatic carbocycles. The summed E-state index contributed by atoms with van der Waals surface area (Å²) in [4.78, 5) is 6.68. The van der Waals surface area contributed by atoms with Crippen LogP contribution < -0.4 is 4.90 Å². The Balaban J connectivity index is 1.34. The second kappa shape index (κ2) is 8.66. The lowest BCUT2D eigenvalue weighted by molar-refractivity contribution is -0.137. The monoisotopic (exact) mass is 478 g/mol. The molecular weight excluding hydrogens is 453 g/mol. The van der Waals surface area contributed by atoms with Gasteiger partial charge in [0.2, 0.25) is 17.7 Å². The van der Waals surface area contributed by atoms with Crippen molar-refractivity contribution in [1.82, 2.24) is 24.9 Å². The second-order valence-corrected chi connectivity index (χ2v) is 10.2. The van der Waals surface area contributed by atoms with Crippen molar-refractivity contribution in [3.63, 3.8) is 0 Å². The molecule has 7 nitrogen and oxygen atoms in total. The Morgan fingerprint density at radius 2 is 1.88 bits per heavy atom. The number of anilines is 1.